The number of fused-ring (bicyclic) bond motifs is 4. The minimum Gasteiger partial charge on any atom is -0.505 e. The van der Waals surface area contributed by atoms with Crippen molar-refractivity contribution in [1.29, 1.82) is 0 Å². The van der Waals surface area contributed by atoms with E-state index in [1.54, 1.807) is 66.7 Å². The van der Waals surface area contributed by atoms with Gasteiger partial charge in [-0.15, -0.1) is 0 Å². The Kier molecular flexibility index (Phi) is 7.22. The van der Waals surface area contributed by atoms with Gasteiger partial charge in [0.15, 0.2) is 11.6 Å². The molecule has 10 heteroatoms. The van der Waals surface area contributed by atoms with Crippen LogP contribution >= 0.6 is 11.6 Å². The SMILES string of the molecule is Cc1ccc(NN2C(=O)[C@@H]3C[C@@H]4C(=CC[C@@H]5C(=O)N(c6ccc(Cl)cc6)C(=O)[C@@H]54)[C@H](c4ccc(O)c(F)c4)[C@]3(c3ccccc3)C2=O)cc1. The van der Waals surface area contributed by atoms with Crippen LogP contribution in [0.1, 0.15) is 35.4 Å². The number of phenols is 1. The number of hydrogen-bond acceptors (Lipinski definition) is 6. The Hall–Kier alpha value is -5.28. The molecule has 0 bridgehead atoms. The summed E-state index contributed by atoms with van der Waals surface area (Å²) in [4.78, 5) is 59.2. The highest BCUT2D eigenvalue weighted by atomic mass is 35.5. The Labute approximate surface area is 286 Å². The number of allylic oxidation sites excluding steroid dienone is 2. The molecule has 0 unspecified atom stereocenters. The van der Waals surface area contributed by atoms with E-state index in [9.17, 15) is 19.5 Å². The van der Waals surface area contributed by atoms with Gasteiger partial charge in [0, 0.05) is 10.9 Å². The number of anilines is 2. The average Bonchev–Trinajstić information content (AvgIpc) is 3.48. The molecule has 2 saturated heterocycles. The molecule has 0 aromatic heterocycles. The molecular weight excluding hydrogens is 645 g/mol. The van der Waals surface area contributed by atoms with Crippen molar-refractivity contribution >= 4 is 46.6 Å². The van der Waals surface area contributed by atoms with E-state index in [0.717, 1.165) is 10.6 Å². The number of imide groups is 2. The van der Waals surface area contributed by atoms with Crippen LogP contribution in [-0.4, -0.2) is 33.7 Å². The highest BCUT2D eigenvalue weighted by molar-refractivity contribution is 6.31. The lowest BCUT2D eigenvalue weighted by molar-refractivity contribution is -0.138. The molecular formula is C39H31ClFN3O5. The molecule has 2 aliphatic carbocycles. The van der Waals surface area contributed by atoms with E-state index < -0.39 is 58.4 Å². The fraction of sp³-hybridized carbons (Fsp3) is 0.231. The standard InChI is InChI=1S/C39H31ClFN3O5/c1-21-7-12-25(13-8-21)42-44-36(47)30-20-29-27(16-17-28-33(29)37(48)43(35(28)46)26-14-10-24(40)11-15-26)34(22-9-18-32(45)31(41)19-22)39(30,38(44)49)23-5-3-2-4-6-23/h2-16,18-19,28-30,33-34,42,45H,17,20H2,1H3/t28-,29+,30-,33-,34-,39+/m0/s1. The molecule has 6 atom stereocenters. The number of rotatable bonds is 5. The third-order valence-electron chi connectivity index (χ3n) is 10.8. The van der Waals surface area contributed by atoms with Gasteiger partial charge < -0.3 is 5.11 Å². The van der Waals surface area contributed by atoms with E-state index in [1.165, 1.54) is 17.0 Å². The number of carbonyl (C=O) groups is 4. The fourth-order valence-corrected chi connectivity index (χ4v) is 8.80. The molecule has 8 rings (SSSR count). The maximum atomic E-state index is 15.2. The molecule has 49 heavy (non-hydrogen) atoms. The van der Waals surface area contributed by atoms with E-state index in [2.05, 4.69) is 5.43 Å². The van der Waals surface area contributed by atoms with Crippen molar-refractivity contribution in [2.75, 3.05) is 10.3 Å². The molecule has 4 aromatic rings. The number of hydrazine groups is 1. The van der Waals surface area contributed by atoms with Gasteiger partial charge in [0.05, 0.1) is 34.5 Å². The van der Waals surface area contributed by atoms with Crippen LogP contribution in [0, 0.1) is 36.4 Å². The van der Waals surface area contributed by atoms with Gasteiger partial charge in [-0.25, -0.2) is 4.39 Å². The number of phenolic OH excluding ortho intramolecular Hbond substituents is 1. The van der Waals surface area contributed by atoms with Crippen molar-refractivity contribution in [3.63, 3.8) is 0 Å². The zero-order valence-corrected chi connectivity index (χ0v) is 27.1. The van der Waals surface area contributed by atoms with Crippen molar-refractivity contribution in [1.82, 2.24) is 5.01 Å². The molecule has 3 fully saturated rings. The van der Waals surface area contributed by atoms with Crippen molar-refractivity contribution < 1.29 is 28.7 Å². The second-order valence-corrected chi connectivity index (χ2v) is 13.7. The largest absolute Gasteiger partial charge is 0.505 e. The normalized spacial score (nSPS) is 27.5. The Morgan fingerprint density at radius 3 is 2.27 bits per heavy atom. The summed E-state index contributed by atoms with van der Waals surface area (Å²) in [5, 5.41) is 11.7. The number of aromatic hydroxyl groups is 1. The lowest BCUT2D eigenvalue weighted by Gasteiger charge is -2.50. The second kappa shape index (κ2) is 11.4. The summed E-state index contributed by atoms with van der Waals surface area (Å²) in [7, 11) is 0. The van der Waals surface area contributed by atoms with Crippen LogP contribution in [0.4, 0.5) is 15.8 Å². The minimum atomic E-state index is -1.53. The van der Waals surface area contributed by atoms with Crippen LogP contribution in [0.15, 0.2) is 109 Å². The smallest absolute Gasteiger partial charge is 0.260 e. The molecule has 246 valence electrons. The summed E-state index contributed by atoms with van der Waals surface area (Å²) in [6, 6.07) is 26.8. The molecule has 4 aromatic carbocycles. The lowest BCUT2D eigenvalue weighted by atomic mass is 9.49. The number of halogens is 2. The predicted molar refractivity (Wildman–Crippen MR) is 181 cm³/mol. The van der Waals surface area contributed by atoms with Gasteiger partial charge in [-0.3, -0.25) is 29.5 Å². The highest BCUT2D eigenvalue weighted by Crippen LogP contribution is 2.64. The van der Waals surface area contributed by atoms with Crippen LogP contribution in [0.25, 0.3) is 0 Å². The van der Waals surface area contributed by atoms with Crippen LogP contribution in [-0.2, 0) is 24.6 Å². The van der Waals surface area contributed by atoms with Gasteiger partial charge in [-0.05, 0) is 85.3 Å². The van der Waals surface area contributed by atoms with Gasteiger partial charge >= 0.3 is 0 Å². The van der Waals surface area contributed by atoms with Gasteiger partial charge in [0.1, 0.15) is 0 Å². The number of hydrogen-bond donors (Lipinski definition) is 2. The quantitative estimate of drug-likeness (QED) is 0.181. The van der Waals surface area contributed by atoms with Gasteiger partial charge in [0.2, 0.25) is 11.8 Å². The topological polar surface area (TPSA) is 107 Å². The number of nitrogens with zero attached hydrogens (tertiary/aromatic N) is 2. The number of amides is 4. The number of carbonyl (C=O) groups excluding carboxylic acids is 4. The van der Waals surface area contributed by atoms with E-state index in [-0.39, 0.29) is 24.7 Å². The molecule has 1 saturated carbocycles. The lowest BCUT2D eigenvalue weighted by Crippen LogP contribution is -2.53. The summed E-state index contributed by atoms with van der Waals surface area (Å²) in [6.07, 6.45) is 2.25. The fourth-order valence-electron chi connectivity index (χ4n) is 8.67. The van der Waals surface area contributed by atoms with Crippen LogP contribution < -0.4 is 10.3 Å². The van der Waals surface area contributed by atoms with Gasteiger partial charge in [0.25, 0.3) is 11.8 Å². The van der Waals surface area contributed by atoms with E-state index >= 15 is 9.18 Å². The van der Waals surface area contributed by atoms with Crippen LogP contribution in [0.5, 0.6) is 5.75 Å². The van der Waals surface area contributed by atoms with E-state index in [4.69, 9.17) is 11.6 Å². The van der Waals surface area contributed by atoms with Crippen LogP contribution in [0.2, 0.25) is 5.02 Å². The summed E-state index contributed by atoms with van der Waals surface area (Å²) in [6.45, 7) is 1.93. The summed E-state index contributed by atoms with van der Waals surface area (Å²) < 4.78 is 15.2. The first kappa shape index (κ1) is 31.0. The highest BCUT2D eigenvalue weighted by Gasteiger charge is 2.70. The number of nitrogens with one attached hydrogen (secondary N) is 1. The summed E-state index contributed by atoms with van der Waals surface area (Å²) in [5.74, 6) is -7.09. The Bertz CT molecular complexity index is 2070. The molecule has 2 aliphatic heterocycles. The first-order valence-corrected chi connectivity index (χ1v) is 16.6. The van der Waals surface area contributed by atoms with Gasteiger partial charge in [-0.1, -0.05) is 77.3 Å². The van der Waals surface area contributed by atoms with Crippen molar-refractivity contribution in [2.24, 2.45) is 23.7 Å². The molecule has 0 spiro atoms. The Morgan fingerprint density at radius 1 is 0.857 bits per heavy atom. The monoisotopic (exact) mass is 675 g/mol. The molecule has 8 nitrogen and oxygen atoms in total. The van der Waals surface area contributed by atoms with Gasteiger partial charge in [-0.2, -0.15) is 5.01 Å². The molecule has 0 radical (unpaired) electrons. The third kappa shape index (κ3) is 4.55. The number of aryl methyl sites for hydroxylation is 1. The summed E-state index contributed by atoms with van der Waals surface area (Å²) in [5.41, 5.74) is 5.11. The number of benzene rings is 4. The molecule has 4 amide bonds. The average molecular weight is 676 g/mol. The maximum Gasteiger partial charge on any atom is 0.260 e. The minimum absolute atomic E-state index is 0.114. The Morgan fingerprint density at radius 2 is 1.57 bits per heavy atom. The first-order chi connectivity index (χ1) is 23.6. The Balaban J connectivity index is 1.32. The molecule has 2 heterocycles. The van der Waals surface area contributed by atoms with Crippen molar-refractivity contribution in [3.05, 3.63) is 136 Å². The van der Waals surface area contributed by atoms with Crippen molar-refractivity contribution in [2.45, 2.75) is 31.1 Å². The van der Waals surface area contributed by atoms with E-state index in [0.29, 0.717) is 33.1 Å². The molecule has 2 N–H and O–H groups in total. The first-order valence-electron chi connectivity index (χ1n) is 16.2. The molecule has 4 aliphatic rings. The van der Waals surface area contributed by atoms with Crippen LogP contribution in [0.3, 0.4) is 0 Å². The second-order valence-electron chi connectivity index (χ2n) is 13.3. The zero-order chi connectivity index (χ0) is 34.2. The van der Waals surface area contributed by atoms with E-state index in [1.807, 2.05) is 31.2 Å². The third-order valence-corrected chi connectivity index (χ3v) is 11.0. The predicted octanol–water partition coefficient (Wildman–Crippen LogP) is 6.68. The maximum absolute atomic E-state index is 15.2. The van der Waals surface area contributed by atoms with Crippen molar-refractivity contribution in [3.8, 4) is 5.75 Å². The summed E-state index contributed by atoms with van der Waals surface area (Å²) >= 11 is 6.10. The zero-order valence-electron chi connectivity index (χ0n) is 26.3.